The molecule has 0 heterocycles. The maximum absolute atomic E-state index is 5.96. The van der Waals surface area contributed by atoms with Gasteiger partial charge in [-0.2, -0.15) is 0 Å². The smallest absolute Gasteiger partial charge is 0.0805 e. The summed E-state index contributed by atoms with van der Waals surface area (Å²) in [6, 6.07) is 0. The molecule has 3 heteroatoms. The Balaban J connectivity index is 2.28. The van der Waals surface area contributed by atoms with Gasteiger partial charge in [0.2, 0.25) is 0 Å². The molecule has 0 amide bonds. The molecular weight excluding hydrogens is 202 g/mol. The van der Waals surface area contributed by atoms with E-state index in [0.29, 0.717) is 19.8 Å². The Kier molecular flexibility index (Phi) is 6.32. The topological polar surface area (TPSA) is 44.5 Å². The minimum Gasteiger partial charge on any atom is -0.379 e. The molecule has 1 saturated carbocycles. The predicted octanol–water partition coefficient (Wildman–Crippen LogP) is 2.34. The molecule has 0 aromatic rings. The molecule has 16 heavy (non-hydrogen) atoms. The number of hydrogen-bond acceptors (Lipinski definition) is 3. The fraction of sp³-hybridized carbons (Fsp3) is 1.00. The molecule has 2 N–H and O–H groups in total. The van der Waals surface area contributed by atoms with Gasteiger partial charge in [-0.25, -0.2) is 0 Å². The van der Waals surface area contributed by atoms with Crippen LogP contribution < -0.4 is 5.73 Å². The van der Waals surface area contributed by atoms with E-state index in [1.165, 1.54) is 19.3 Å². The molecule has 3 nitrogen and oxygen atoms in total. The summed E-state index contributed by atoms with van der Waals surface area (Å²) >= 11 is 0. The van der Waals surface area contributed by atoms with Gasteiger partial charge >= 0.3 is 0 Å². The zero-order chi connectivity index (χ0) is 11.9. The molecule has 1 fully saturated rings. The summed E-state index contributed by atoms with van der Waals surface area (Å²) in [5.74, 6) is 0.884. The molecule has 0 saturated heterocycles. The molecule has 1 aliphatic rings. The van der Waals surface area contributed by atoms with Crippen molar-refractivity contribution in [1.29, 1.82) is 0 Å². The van der Waals surface area contributed by atoms with Crippen LogP contribution in [-0.4, -0.2) is 32.0 Å². The minimum atomic E-state index is -0.0528. The quantitative estimate of drug-likeness (QED) is 0.681. The molecule has 0 aliphatic heterocycles. The van der Waals surface area contributed by atoms with E-state index < -0.39 is 0 Å². The van der Waals surface area contributed by atoms with E-state index in [9.17, 15) is 0 Å². The van der Waals surface area contributed by atoms with Crippen molar-refractivity contribution in [2.24, 2.45) is 11.7 Å². The maximum Gasteiger partial charge on any atom is 0.0805 e. The van der Waals surface area contributed by atoms with Gasteiger partial charge in [0, 0.05) is 13.2 Å². The van der Waals surface area contributed by atoms with E-state index in [4.69, 9.17) is 15.2 Å². The van der Waals surface area contributed by atoms with Crippen LogP contribution in [0, 0.1) is 5.92 Å². The molecule has 96 valence electrons. The summed E-state index contributed by atoms with van der Waals surface area (Å²) < 4.78 is 11.3. The molecule has 1 aliphatic carbocycles. The van der Waals surface area contributed by atoms with Crippen LogP contribution >= 0.6 is 0 Å². The van der Waals surface area contributed by atoms with Crippen LogP contribution in [-0.2, 0) is 9.47 Å². The van der Waals surface area contributed by atoms with Crippen molar-refractivity contribution in [3.8, 4) is 0 Å². The van der Waals surface area contributed by atoms with E-state index in [1.54, 1.807) is 0 Å². The van der Waals surface area contributed by atoms with E-state index in [0.717, 1.165) is 25.4 Å². The molecule has 0 aromatic heterocycles. The second-order valence-electron chi connectivity index (χ2n) is 4.78. The average Bonchev–Trinajstić information content (AvgIpc) is 2.35. The van der Waals surface area contributed by atoms with Crippen LogP contribution in [0.5, 0.6) is 0 Å². The summed E-state index contributed by atoms with van der Waals surface area (Å²) in [4.78, 5) is 0. The van der Waals surface area contributed by atoms with E-state index in [1.807, 2.05) is 6.92 Å². The van der Waals surface area contributed by atoms with Crippen molar-refractivity contribution < 1.29 is 9.47 Å². The Bertz CT molecular complexity index is 177. The molecule has 0 bridgehead atoms. The van der Waals surface area contributed by atoms with Crippen LogP contribution in [0.3, 0.4) is 0 Å². The number of ether oxygens (including phenoxy) is 2. The van der Waals surface area contributed by atoms with Crippen LogP contribution in [0.15, 0.2) is 0 Å². The maximum atomic E-state index is 5.96. The van der Waals surface area contributed by atoms with Gasteiger partial charge in [0.05, 0.1) is 18.8 Å². The third-order valence-corrected chi connectivity index (χ3v) is 3.81. The van der Waals surface area contributed by atoms with Crippen molar-refractivity contribution in [3.63, 3.8) is 0 Å². The van der Waals surface area contributed by atoms with Gasteiger partial charge in [-0.15, -0.1) is 0 Å². The van der Waals surface area contributed by atoms with Gasteiger partial charge < -0.3 is 15.2 Å². The van der Waals surface area contributed by atoms with E-state index in [-0.39, 0.29) is 5.60 Å². The lowest BCUT2D eigenvalue weighted by Crippen LogP contribution is -2.44. The number of rotatable bonds is 7. The fourth-order valence-electron chi connectivity index (χ4n) is 2.48. The average molecular weight is 229 g/mol. The monoisotopic (exact) mass is 229 g/mol. The summed E-state index contributed by atoms with van der Waals surface area (Å²) in [5, 5.41) is 0. The highest BCUT2D eigenvalue weighted by molar-refractivity contribution is 4.88. The van der Waals surface area contributed by atoms with Crippen molar-refractivity contribution >= 4 is 0 Å². The summed E-state index contributed by atoms with van der Waals surface area (Å²) in [7, 11) is 0. The lowest BCUT2D eigenvalue weighted by molar-refractivity contribution is -0.0877. The lowest BCUT2D eigenvalue weighted by Gasteiger charge is -2.39. The number of nitrogens with two attached hydrogens (primary N) is 1. The van der Waals surface area contributed by atoms with E-state index in [2.05, 4.69) is 6.92 Å². The highest BCUT2D eigenvalue weighted by atomic mass is 16.5. The van der Waals surface area contributed by atoms with Crippen molar-refractivity contribution in [3.05, 3.63) is 0 Å². The van der Waals surface area contributed by atoms with Gasteiger partial charge in [-0.05, 0) is 38.5 Å². The second kappa shape index (κ2) is 7.25. The van der Waals surface area contributed by atoms with Crippen LogP contribution in [0.25, 0.3) is 0 Å². The zero-order valence-corrected chi connectivity index (χ0v) is 10.8. The third-order valence-electron chi connectivity index (χ3n) is 3.81. The molecular formula is C13H27NO2. The Labute approximate surface area is 99.7 Å². The summed E-state index contributed by atoms with van der Waals surface area (Å²) in [5.41, 5.74) is 5.82. The first-order valence-corrected chi connectivity index (χ1v) is 6.68. The van der Waals surface area contributed by atoms with Gasteiger partial charge in [0.15, 0.2) is 0 Å². The van der Waals surface area contributed by atoms with Crippen molar-refractivity contribution in [2.75, 3.05) is 26.4 Å². The van der Waals surface area contributed by atoms with Crippen LogP contribution in [0.2, 0.25) is 0 Å². The summed E-state index contributed by atoms with van der Waals surface area (Å²) in [6.07, 6.45) is 6.06. The fourth-order valence-corrected chi connectivity index (χ4v) is 2.48. The zero-order valence-electron chi connectivity index (χ0n) is 10.8. The van der Waals surface area contributed by atoms with Crippen LogP contribution in [0.4, 0.5) is 0 Å². The predicted molar refractivity (Wildman–Crippen MR) is 66.5 cm³/mol. The van der Waals surface area contributed by atoms with Crippen molar-refractivity contribution in [2.45, 2.75) is 51.6 Å². The van der Waals surface area contributed by atoms with Crippen LogP contribution in [0.1, 0.15) is 46.0 Å². The normalized spacial score (nSPS) is 30.6. The minimum absolute atomic E-state index is 0.0528. The molecule has 0 unspecified atom stereocenters. The first-order chi connectivity index (χ1) is 7.76. The highest BCUT2D eigenvalue weighted by Crippen LogP contribution is 2.35. The van der Waals surface area contributed by atoms with Gasteiger partial charge in [-0.3, -0.25) is 0 Å². The Morgan fingerprint density at radius 2 is 1.88 bits per heavy atom. The first kappa shape index (κ1) is 13.9. The summed E-state index contributed by atoms with van der Waals surface area (Å²) in [6.45, 7) is 7.06. The largest absolute Gasteiger partial charge is 0.379 e. The Morgan fingerprint density at radius 1 is 1.19 bits per heavy atom. The standard InChI is InChI=1S/C13H27NO2/c1-3-12-5-7-13(11-14,8-6-12)16-10-9-15-4-2/h12H,3-11,14H2,1-2H3. The molecule has 0 aromatic carbocycles. The van der Waals surface area contributed by atoms with Gasteiger partial charge in [0.25, 0.3) is 0 Å². The molecule has 1 rings (SSSR count). The third kappa shape index (κ3) is 4.04. The number of hydrogen-bond donors (Lipinski definition) is 1. The second-order valence-corrected chi connectivity index (χ2v) is 4.78. The Morgan fingerprint density at radius 3 is 2.38 bits per heavy atom. The SMILES string of the molecule is CCOCCOC1(CN)CCC(CC)CC1. The molecule has 0 atom stereocenters. The van der Waals surface area contributed by atoms with E-state index >= 15 is 0 Å². The highest BCUT2D eigenvalue weighted by Gasteiger charge is 2.34. The molecule has 0 radical (unpaired) electrons. The molecule has 0 spiro atoms. The first-order valence-electron chi connectivity index (χ1n) is 6.68. The Hall–Kier alpha value is -0.120. The van der Waals surface area contributed by atoms with Gasteiger partial charge in [0.1, 0.15) is 0 Å². The lowest BCUT2D eigenvalue weighted by atomic mass is 9.77. The van der Waals surface area contributed by atoms with Crippen molar-refractivity contribution in [1.82, 2.24) is 0 Å². The van der Waals surface area contributed by atoms with Gasteiger partial charge in [-0.1, -0.05) is 13.3 Å².